The third-order valence-electron chi connectivity index (χ3n) is 18.6. The zero-order valence-electron chi connectivity index (χ0n) is 54.9. The minimum atomic E-state index is -0.377. The molecular weight excluding hydrogens is 1220 g/mol. The summed E-state index contributed by atoms with van der Waals surface area (Å²) < 4.78 is 66.9. The Morgan fingerprint density at radius 2 is 1.00 bits per heavy atom. The Kier molecular flexibility index (Phi) is 21.7. The molecule has 1 fully saturated rings. The van der Waals surface area contributed by atoms with E-state index >= 15 is 0 Å². The van der Waals surface area contributed by atoms with Crippen LogP contribution in [0.25, 0.3) is 44.1 Å². The molecule has 0 bridgehead atoms. The van der Waals surface area contributed by atoms with Gasteiger partial charge in [-0.3, -0.25) is 4.79 Å². The largest absolute Gasteiger partial charge is 0.358 e. The van der Waals surface area contributed by atoms with Gasteiger partial charge in [-0.25, -0.2) is 22.0 Å². The van der Waals surface area contributed by atoms with Gasteiger partial charge in [0.2, 0.25) is 0 Å². The Morgan fingerprint density at radius 3 is 1.52 bits per heavy atom. The first kappa shape index (κ1) is 68.6. The van der Waals surface area contributed by atoms with Crippen LogP contribution in [0.5, 0.6) is 0 Å². The van der Waals surface area contributed by atoms with Gasteiger partial charge < -0.3 is 24.3 Å². The summed E-state index contributed by atoms with van der Waals surface area (Å²) in [4.78, 5) is 22.9. The second-order valence-corrected chi connectivity index (χ2v) is 27.5. The van der Waals surface area contributed by atoms with Gasteiger partial charge in [0.15, 0.2) is 0 Å². The maximum atomic E-state index is 13.4. The number of hydrogen-bond acceptors (Lipinski definition) is 4. The van der Waals surface area contributed by atoms with Crippen molar-refractivity contribution in [2.75, 3.05) is 52.7 Å². The van der Waals surface area contributed by atoms with Crippen molar-refractivity contribution in [3.05, 3.63) is 275 Å². The molecule has 2 aromatic heterocycles. The monoisotopic (exact) mass is 1310 g/mol. The highest BCUT2D eigenvalue weighted by Crippen LogP contribution is 2.49. The van der Waals surface area contributed by atoms with E-state index in [1.165, 1.54) is 110 Å². The number of Topliss-reactive ketones (excluding diaryl/α,β-unsaturated/α-hetero) is 1. The van der Waals surface area contributed by atoms with E-state index in [-0.39, 0.29) is 45.3 Å². The second kappa shape index (κ2) is 29.1. The molecule has 4 atom stereocenters. The molecular formula is C80H87BrF5N5O. The van der Waals surface area contributed by atoms with E-state index in [0.717, 1.165) is 109 Å². The number of aromatic amines is 1. The van der Waals surface area contributed by atoms with Crippen LogP contribution in [0.2, 0.25) is 0 Å². The summed E-state index contributed by atoms with van der Waals surface area (Å²) >= 11 is 3.28. The molecule has 0 amide bonds. The number of carbonyl (C=O) groups is 1. The molecule has 12 heteroatoms. The van der Waals surface area contributed by atoms with Crippen LogP contribution in [0.1, 0.15) is 121 Å². The number of aromatic nitrogens is 2. The number of aryl methyl sites for hydroxylation is 2. The molecule has 6 nitrogen and oxygen atoms in total. The molecule has 1 N–H and O–H groups in total. The number of hydrogen-bond donors (Lipinski definition) is 1. The standard InChI is InChI=1S/2C23H25FN2.C16H20FNO.C9H8BrF.C9H9F/c1-15-4-9-21-19(10-15)20-13-25(3)14-23(2)11-17(12-26(21)22(20)23)16-5-7-18(24)8-6-16;1-15-5-10-21-19(11-15)20-13-26(4)14-23(3,22(20)25-21)12-16(2)17-6-8-18(24)9-7-17;1-12(13-4-6-14(17)7-5-13)10-16(2)11-18(3)9-8-15(16)19;1-7(6-10)8-2-4-9(11)5-3-8;1-7(2)8-3-5-9(10)6-4-8/h4-10,17H,11-14H2,1-3H3;5-11,25H,2,12-14H2,1,3-4H3;4-7H,1,8-11H2,2-3H3;2-5H,1,6H2;3-6H,1H2,2H3. The Bertz CT molecular complexity index is 4130. The van der Waals surface area contributed by atoms with Crippen LogP contribution in [0, 0.1) is 48.3 Å². The van der Waals surface area contributed by atoms with Crippen LogP contribution in [0.3, 0.4) is 0 Å². The number of alkyl halides is 1. The summed E-state index contributed by atoms with van der Waals surface area (Å²) in [5, 5.41) is 3.46. The van der Waals surface area contributed by atoms with Crippen LogP contribution in [0.4, 0.5) is 22.0 Å². The van der Waals surface area contributed by atoms with E-state index in [1.54, 1.807) is 48.5 Å². The molecule has 13 rings (SSSR count). The number of nitrogens with zero attached hydrogens (tertiary/aromatic N) is 4. The van der Waals surface area contributed by atoms with Crippen LogP contribution < -0.4 is 0 Å². The van der Waals surface area contributed by atoms with Gasteiger partial charge in [0.1, 0.15) is 34.9 Å². The lowest BCUT2D eigenvalue weighted by atomic mass is 9.70. The van der Waals surface area contributed by atoms with Gasteiger partial charge in [-0.05, 0) is 202 Å². The molecule has 0 spiro atoms. The lowest BCUT2D eigenvalue weighted by Crippen LogP contribution is -2.47. The lowest BCUT2D eigenvalue weighted by molar-refractivity contribution is -0.131. The molecule has 92 heavy (non-hydrogen) atoms. The molecule has 480 valence electrons. The fraction of sp³-hybridized carbons (Fsp3) is 0.312. The summed E-state index contributed by atoms with van der Waals surface area (Å²) in [5.41, 5.74) is 19.6. The zero-order valence-corrected chi connectivity index (χ0v) is 56.5. The molecule has 0 radical (unpaired) electrons. The van der Waals surface area contributed by atoms with E-state index in [4.69, 9.17) is 0 Å². The normalized spacial score (nSPS) is 20.2. The third-order valence-corrected chi connectivity index (χ3v) is 19.2. The molecule has 0 aliphatic carbocycles. The highest BCUT2D eigenvalue weighted by molar-refractivity contribution is 9.09. The first-order valence-electron chi connectivity index (χ1n) is 31.5. The fourth-order valence-electron chi connectivity index (χ4n) is 14.2. The number of likely N-dealkylation sites (tertiary alicyclic amines) is 1. The molecule has 4 aliphatic rings. The highest BCUT2D eigenvalue weighted by atomic mass is 79.9. The number of fused-ring (bicyclic) bond motifs is 6. The third kappa shape index (κ3) is 16.2. The Morgan fingerprint density at radius 1 is 0.554 bits per heavy atom. The maximum absolute atomic E-state index is 13.4. The number of H-pyrrole nitrogens is 1. The van der Waals surface area contributed by atoms with E-state index < -0.39 is 0 Å². The first-order valence-corrected chi connectivity index (χ1v) is 32.6. The predicted octanol–water partition coefficient (Wildman–Crippen LogP) is 19.6. The van der Waals surface area contributed by atoms with Crippen molar-refractivity contribution in [2.24, 2.45) is 5.41 Å². The summed E-state index contributed by atoms with van der Waals surface area (Å²) in [7, 11) is 6.44. The molecule has 0 saturated carbocycles. The number of ketones is 1. The Labute approximate surface area is 550 Å². The van der Waals surface area contributed by atoms with E-state index in [2.05, 4.69) is 145 Å². The molecule has 6 heterocycles. The molecule has 9 aromatic rings. The van der Waals surface area contributed by atoms with Crippen LogP contribution in [-0.4, -0.2) is 82.7 Å². The first-order chi connectivity index (χ1) is 43.6. The quantitative estimate of drug-likeness (QED) is 0.109. The number of halogens is 6. The molecule has 7 aromatic carbocycles. The molecule has 4 aliphatic heterocycles. The number of allylic oxidation sites excluding steroid dienone is 4. The minimum absolute atomic E-state index is 0.0548. The highest BCUT2D eigenvalue weighted by Gasteiger charge is 2.45. The van der Waals surface area contributed by atoms with Crippen molar-refractivity contribution >= 4 is 65.8 Å². The summed E-state index contributed by atoms with van der Waals surface area (Å²) in [6.07, 6.45) is 3.18. The number of carbonyl (C=O) groups excluding carboxylic acids is 1. The van der Waals surface area contributed by atoms with Crippen LogP contribution in [0.15, 0.2) is 184 Å². The van der Waals surface area contributed by atoms with Crippen molar-refractivity contribution in [2.45, 2.75) is 104 Å². The number of piperidine rings is 1. The van der Waals surface area contributed by atoms with Crippen molar-refractivity contribution in [1.82, 2.24) is 24.3 Å². The minimum Gasteiger partial charge on any atom is -0.358 e. The topological polar surface area (TPSA) is 47.5 Å². The molecule has 4 unspecified atom stereocenters. The van der Waals surface area contributed by atoms with Crippen molar-refractivity contribution in [1.29, 1.82) is 0 Å². The van der Waals surface area contributed by atoms with E-state index in [0.29, 0.717) is 24.5 Å². The van der Waals surface area contributed by atoms with Gasteiger partial charge in [0, 0.05) is 113 Å². The van der Waals surface area contributed by atoms with Gasteiger partial charge in [-0.15, -0.1) is 0 Å². The van der Waals surface area contributed by atoms with Gasteiger partial charge in [0.25, 0.3) is 0 Å². The smallest absolute Gasteiger partial charge is 0.141 e. The molecule has 1 saturated heterocycles. The lowest BCUT2D eigenvalue weighted by Gasteiger charge is -2.46. The summed E-state index contributed by atoms with van der Waals surface area (Å²) in [6.45, 7) is 35.4. The van der Waals surface area contributed by atoms with Crippen molar-refractivity contribution < 1.29 is 26.7 Å². The van der Waals surface area contributed by atoms with Crippen LogP contribution >= 0.6 is 15.9 Å². The summed E-state index contributed by atoms with van der Waals surface area (Å²) in [5.74, 6) is -0.313. The Hall–Kier alpha value is -7.74. The maximum Gasteiger partial charge on any atom is 0.141 e. The zero-order chi connectivity index (χ0) is 66.4. The number of likely N-dealkylation sites (N-methyl/N-ethyl adjacent to an activating group) is 2. The van der Waals surface area contributed by atoms with Gasteiger partial charge in [-0.2, -0.15) is 0 Å². The van der Waals surface area contributed by atoms with Crippen molar-refractivity contribution in [3.63, 3.8) is 0 Å². The number of benzene rings is 7. The second-order valence-electron chi connectivity index (χ2n) is 27.0. The average Bonchev–Trinajstić information content (AvgIpc) is 1.56. The summed E-state index contributed by atoms with van der Waals surface area (Å²) in [6, 6.07) is 46.2. The number of nitrogens with one attached hydrogen (secondary N) is 1. The van der Waals surface area contributed by atoms with Crippen LogP contribution in [-0.2, 0) is 35.3 Å². The van der Waals surface area contributed by atoms with Gasteiger partial charge in [0.05, 0.1) is 0 Å². The average molecular weight is 1310 g/mol. The SMILES string of the molecule is C=C(C)c1ccc(F)cc1.C=C(CBr)c1ccc(F)cc1.C=C(CC1(C)CN(C)CCC1=O)c1ccc(F)cc1.C=C(CC1(C)CN(C)Cc2c1[nH]c1ccc(C)cc21)c1ccc(F)cc1.Cc1ccc2c(c1)c1c3n2CC(c2ccc(F)cc2)CC3(C)CN(C)C1. The Balaban J connectivity index is 0.000000143. The van der Waals surface area contributed by atoms with Gasteiger partial charge >= 0.3 is 0 Å². The van der Waals surface area contributed by atoms with E-state index in [9.17, 15) is 26.7 Å². The van der Waals surface area contributed by atoms with Gasteiger partial charge in [-0.1, -0.05) is 153 Å². The fourth-order valence-corrected chi connectivity index (χ4v) is 14.6. The number of rotatable bonds is 10. The van der Waals surface area contributed by atoms with Crippen molar-refractivity contribution in [3.8, 4) is 0 Å². The van der Waals surface area contributed by atoms with E-state index in [1.807, 2.05) is 45.2 Å². The predicted molar refractivity (Wildman–Crippen MR) is 377 cm³/mol.